The number of aromatic nitrogens is 1. The van der Waals surface area contributed by atoms with Crippen LogP contribution in [0.2, 0.25) is 0 Å². The zero-order valence-corrected chi connectivity index (χ0v) is 26.1. The summed E-state index contributed by atoms with van der Waals surface area (Å²) in [6, 6.07) is 10.4. The van der Waals surface area contributed by atoms with E-state index in [1.165, 1.54) is 32.2 Å². The Labute approximate surface area is 277 Å². The lowest BCUT2D eigenvalue weighted by molar-refractivity contribution is -0.143. The molecule has 4 aromatic rings. The molecule has 1 amide bonds. The van der Waals surface area contributed by atoms with Crippen molar-refractivity contribution in [3.63, 3.8) is 0 Å². The summed E-state index contributed by atoms with van der Waals surface area (Å²) in [6.45, 7) is 2.23. The number of amides is 1. The van der Waals surface area contributed by atoms with Crippen LogP contribution in [0.4, 0.5) is 44.3 Å². The number of methoxy groups -OCH3 is 1. The lowest BCUT2D eigenvalue weighted by Gasteiger charge is -2.24. The number of nitrogens with zero attached hydrogens (tertiary/aromatic N) is 2. The summed E-state index contributed by atoms with van der Waals surface area (Å²) in [4.78, 5) is 29.1. The number of rotatable bonds is 7. The highest BCUT2D eigenvalue weighted by Gasteiger charge is 2.44. The topological polar surface area (TPSA) is 89.0 Å². The molecular formula is C34H25F9N2O5. The first-order valence-electron chi connectivity index (χ1n) is 14.6. The van der Waals surface area contributed by atoms with Gasteiger partial charge in [0.1, 0.15) is 17.5 Å². The molecule has 0 radical (unpaired) electrons. The zero-order chi connectivity index (χ0) is 36.9. The predicted octanol–water partition coefficient (Wildman–Crippen LogP) is 9.57. The number of halogens is 9. The lowest BCUT2D eigenvalue weighted by atomic mass is 9.93. The summed E-state index contributed by atoms with van der Waals surface area (Å²) < 4.78 is 134. The Bertz CT molecular complexity index is 1940. The molecule has 0 unspecified atom stereocenters. The van der Waals surface area contributed by atoms with Crippen molar-refractivity contribution >= 4 is 12.1 Å². The fraction of sp³-hybridized carbons (Fsp3) is 0.265. The highest BCUT2D eigenvalue weighted by Crippen LogP contribution is 2.43. The van der Waals surface area contributed by atoms with Crippen molar-refractivity contribution in [1.29, 1.82) is 0 Å². The number of aryl methyl sites for hydroxylation is 1. The number of hydrogen-bond acceptors (Lipinski definition) is 5. The van der Waals surface area contributed by atoms with E-state index in [0.29, 0.717) is 34.9 Å². The number of pyridine rings is 1. The molecule has 7 nitrogen and oxygen atoms in total. The van der Waals surface area contributed by atoms with Crippen molar-refractivity contribution in [3.05, 3.63) is 106 Å². The van der Waals surface area contributed by atoms with E-state index in [0.717, 1.165) is 11.0 Å². The molecular weight excluding hydrogens is 687 g/mol. The van der Waals surface area contributed by atoms with Gasteiger partial charge >= 0.3 is 30.6 Å². The molecule has 2 heterocycles. The largest absolute Gasteiger partial charge is 0.496 e. The molecule has 16 heteroatoms. The van der Waals surface area contributed by atoms with Crippen molar-refractivity contribution < 1.29 is 63.7 Å². The first-order valence-corrected chi connectivity index (χ1v) is 14.6. The van der Waals surface area contributed by atoms with Gasteiger partial charge in [0, 0.05) is 11.1 Å². The van der Waals surface area contributed by atoms with Crippen LogP contribution in [-0.4, -0.2) is 40.2 Å². The van der Waals surface area contributed by atoms with Crippen molar-refractivity contribution in [2.75, 3.05) is 7.11 Å². The predicted molar refractivity (Wildman–Crippen MR) is 159 cm³/mol. The van der Waals surface area contributed by atoms with E-state index in [9.17, 15) is 54.2 Å². The van der Waals surface area contributed by atoms with Crippen LogP contribution in [0.3, 0.4) is 0 Å². The van der Waals surface area contributed by atoms with Gasteiger partial charge in [0.05, 0.1) is 42.1 Å². The molecule has 264 valence electrons. The van der Waals surface area contributed by atoms with Crippen molar-refractivity contribution in [1.82, 2.24) is 9.88 Å². The second-order valence-electron chi connectivity index (χ2n) is 11.5. The highest BCUT2D eigenvalue weighted by molar-refractivity contribution is 5.89. The van der Waals surface area contributed by atoms with Crippen LogP contribution in [0.1, 0.15) is 57.0 Å². The zero-order valence-electron chi connectivity index (χ0n) is 26.1. The second kappa shape index (κ2) is 12.9. The first-order chi connectivity index (χ1) is 23.2. The van der Waals surface area contributed by atoms with Crippen LogP contribution in [-0.2, 0) is 29.8 Å². The van der Waals surface area contributed by atoms with Gasteiger partial charge in [-0.3, -0.25) is 4.90 Å². The molecule has 5 rings (SSSR count). The smallest absolute Gasteiger partial charge is 0.433 e. The molecule has 0 bridgehead atoms. The number of carbonyl (C=O) groups excluding carboxylic acids is 1. The Morgan fingerprint density at radius 1 is 0.840 bits per heavy atom. The summed E-state index contributed by atoms with van der Waals surface area (Å²) in [7, 11) is 1.30. The number of carboxylic acids is 1. The maximum absolute atomic E-state index is 13.9. The van der Waals surface area contributed by atoms with Gasteiger partial charge in [0.15, 0.2) is 0 Å². The summed E-state index contributed by atoms with van der Waals surface area (Å²) in [6.07, 6.45) is -18.2. The summed E-state index contributed by atoms with van der Waals surface area (Å²) in [5.41, 5.74) is -3.60. The highest BCUT2D eigenvalue weighted by atomic mass is 19.4. The number of carboxylic acid groups (broad SMARTS) is 1. The number of aromatic carboxylic acids is 1. The first kappa shape index (κ1) is 36.0. The fourth-order valence-corrected chi connectivity index (χ4v) is 5.70. The van der Waals surface area contributed by atoms with Crippen LogP contribution < -0.4 is 4.74 Å². The minimum absolute atomic E-state index is 0.0268. The van der Waals surface area contributed by atoms with E-state index in [1.807, 2.05) is 0 Å². The minimum atomic E-state index is -5.18. The van der Waals surface area contributed by atoms with Gasteiger partial charge in [-0.15, -0.1) is 0 Å². The number of carbonyl (C=O) groups is 2. The van der Waals surface area contributed by atoms with Crippen LogP contribution >= 0.6 is 0 Å². The Balaban J connectivity index is 1.59. The second-order valence-corrected chi connectivity index (χ2v) is 11.5. The van der Waals surface area contributed by atoms with E-state index < -0.39 is 71.7 Å². The van der Waals surface area contributed by atoms with Gasteiger partial charge in [-0.25, -0.2) is 14.6 Å². The monoisotopic (exact) mass is 712 g/mol. The van der Waals surface area contributed by atoms with Gasteiger partial charge in [-0.2, -0.15) is 39.5 Å². The minimum Gasteiger partial charge on any atom is -0.496 e. The number of alkyl halides is 9. The Morgan fingerprint density at radius 3 is 2.00 bits per heavy atom. The lowest BCUT2D eigenvalue weighted by Crippen LogP contribution is -2.32. The third-order valence-corrected chi connectivity index (χ3v) is 8.19. The summed E-state index contributed by atoms with van der Waals surface area (Å²) in [5, 5.41) is 9.34. The number of hydrogen-bond donors (Lipinski definition) is 1. The maximum Gasteiger partial charge on any atom is 0.433 e. The van der Waals surface area contributed by atoms with Crippen LogP contribution in [0.5, 0.6) is 5.75 Å². The molecule has 1 aromatic heterocycles. The Morgan fingerprint density at radius 2 is 1.46 bits per heavy atom. The number of cyclic esters (lactones) is 1. The SMILES string of the molecule is COc1ccc(-c2ccc(C(=O)O)cc2C)cc1-c1ccc(C(F)(F)F)nc1CN1C(=O)O[C@H](c2cc(C(F)(F)F)cc(C(F)(F)F)c2)[C@@H]1C. The van der Waals surface area contributed by atoms with Gasteiger partial charge in [-0.05, 0) is 84.6 Å². The molecule has 0 aliphatic carbocycles. The Kier molecular flexibility index (Phi) is 9.27. The van der Waals surface area contributed by atoms with Crippen molar-refractivity contribution in [2.45, 2.75) is 51.1 Å². The number of ether oxygens (including phenoxy) is 2. The molecule has 2 atom stereocenters. The normalized spacial score (nSPS) is 16.8. The van der Waals surface area contributed by atoms with E-state index >= 15 is 0 Å². The Hall–Kier alpha value is -5.28. The van der Waals surface area contributed by atoms with Crippen molar-refractivity contribution in [2.24, 2.45) is 0 Å². The number of benzene rings is 3. The quantitative estimate of drug-likeness (QED) is 0.192. The van der Waals surface area contributed by atoms with Gasteiger partial charge in [0.25, 0.3) is 0 Å². The molecule has 50 heavy (non-hydrogen) atoms. The average Bonchev–Trinajstić information content (AvgIpc) is 3.31. The van der Waals surface area contributed by atoms with Gasteiger partial charge in [0.2, 0.25) is 0 Å². The molecule has 1 aliphatic rings. The molecule has 3 aromatic carbocycles. The third kappa shape index (κ3) is 7.19. The van der Waals surface area contributed by atoms with E-state index in [2.05, 4.69) is 4.98 Å². The van der Waals surface area contributed by atoms with Gasteiger partial charge < -0.3 is 14.6 Å². The van der Waals surface area contributed by atoms with E-state index in [4.69, 9.17) is 9.47 Å². The molecule has 1 saturated heterocycles. The molecule has 1 aliphatic heterocycles. The standard InChI is InChI=1S/C34H25F9N2O5/c1-16-10-19(30(46)47)4-6-23(16)18-5-8-27(49-3)25(13-18)24-7-9-28(34(41,42)43)44-26(24)15-45-17(2)29(50-31(45)48)20-11-21(32(35,36)37)14-22(12-20)33(38,39)40/h4-14,17,29H,15H2,1-3H3,(H,46,47)/t17-,29-/m0/s1. The van der Waals surface area contributed by atoms with Crippen molar-refractivity contribution in [3.8, 4) is 28.0 Å². The van der Waals surface area contributed by atoms with Crippen LogP contribution in [0.25, 0.3) is 22.3 Å². The molecule has 1 N–H and O–H groups in total. The summed E-state index contributed by atoms with van der Waals surface area (Å²) >= 11 is 0. The molecule has 1 fully saturated rings. The molecule has 0 saturated carbocycles. The van der Waals surface area contributed by atoms with Crippen LogP contribution in [0.15, 0.2) is 66.7 Å². The van der Waals surface area contributed by atoms with Crippen LogP contribution in [0, 0.1) is 6.92 Å². The fourth-order valence-electron chi connectivity index (χ4n) is 5.70. The average molecular weight is 713 g/mol. The summed E-state index contributed by atoms with van der Waals surface area (Å²) in [5.74, 6) is -0.976. The third-order valence-electron chi connectivity index (χ3n) is 8.19. The molecule has 0 spiro atoms. The van der Waals surface area contributed by atoms with E-state index in [1.54, 1.807) is 25.1 Å². The maximum atomic E-state index is 13.9. The van der Waals surface area contributed by atoms with Gasteiger partial charge in [-0.1, -0.05) is 18.2 Å². The van der Waals surface area contributed by atoms with E-state index in [-0.39, 0.29) is 34.2 Å².